The molecule has 0 aromatic carbocycles. The second-order valence-electron chi connectivity index (χ2n) is 3.15. The first-order valence-corrected chi connectivity index (χ1v) is 5.76. The molecule has 6 nitrogen and oxygen atoms in total. The van der Waals surface area contributed by atoms with Crippen molar-refractivity contribution in [3.8, 4) is 0 Å². The van der Waals surface area contributed by atoms with Crippen LogP contribution in [0, 0.1) is 10.1 Å². The molecule has 1 unspecified atom stereocenters. The molecule has 1 aliphatic rings. The summed E-state index contributed by atoms with van der Waals surface area (Å²) in [5.41, 5.74) is 0. The molecule has 1 aliphatic heterocycles. The average Bonchev–Trinajstić information content (AvgIpc) is 2.41. The van der Waals surface area contributed by atoms with Crippen molar-refractivity contribution >= 4 is 17.7 Å². The minimum absolute atomic E-state index is 0.232. The van der Waals surface area contributed by atoms with Gasteiger partial charge < -0.3 is 10.2 Å². The Morgan fingerprint density at radius 2 is 2.57 bits per heavy atom. The molecule has 0 spiro atoms. The van der Waals surface area contributed by atoms with Gasteiger partial charge in [0.15, 0.2) is 5.03 Å². The zero-order valence-electron chi connectivity index (χ0n) is 8.27. The van der Waals surface area contributed by atoms with Gasteiger partial charge in [-0.2, -0.15) is 11.8 Å². The molecule has 1 rings (SSSR count). The summed E-state index contributed by atoms with van der Waals surface area (Å²) in [5, 5.41) is 15.8. The third kappa shape index (κ3) is 3.06. The molecule has 0 radical (unpaired) electrons. The van der Waals surface area contributed by atoms with Gasteiger partial charge in [-0.25, -0.2) is 10.1 Å². The van der Waals surface area contributed by atoms with Gasteiger partial charge in [0.1, 0.15) is 5.10 Å². The second-order valence-corrected chi connectivity index (χ2v) is 4.13. The van der Waals surface area contributed by atoms with E-state index in [1.807, 2.05) is 18.1 Å². The highest BCUT2D eigenvalue weighted by atomic mass is 32.2. The maximum absolute atomic E-state index is 10.2. The molecular formula is C7H14N4O2S. The van der Waals surface area contributed by atoms with Crippen molar-refractivity contribution in [2.24, 2.45) is 5.10 Å². The number of hydrogen-bond acceptors (Lipinski definition) is 3. The zero-order chi connectivity index (χ0) is 10.6. The van der Waals surface area contributed by atoms with Crippen LogP contribution in [0.25, 0.3) is 0 Å². The van der Waals surface area contributed by atoms with Gasteiger partial charge >= 0.3 is 0 Å². The van der Waals surface area contributed by atoms with E-state index in [-0.39, 0.29) is 6.04 Å². The molecule has 1 fully saturated rings. The smallest absolute Gasteiger partial charge is 0.271 e. The number of guanidine groups is 1. The average molecular weight is 218 g/mol. The van der Waals surface area contributed by atoms with Gasteiger partial charge in [-0.05, 0) is 13.2 Å². The summed E-state index contributed by atoms with van der Waals surface area (Å²) in [7, 11) is 0. The first-order chi connectivity index (χ1) is 6.63. The van der Waals surface area contributed by atoms with Crippen LogP contribution in [-0.2, 0) is 0 Å². The van der Waals surface area contributed by atoms with Crippen LogP contribution >= 0.6 is 11.8 Å². The Morgan fingerprint density at radius 1 is 1.86 bits per heavy atom. The lowest BCUT2D eigenvalue weighted by Crippen LogP contribution is -2.33. The highest BCUT2D eigenvalue weighted by Gasteiger charge is 2.25. The third-order valence-electron chi connectivity index (χ3n) is 1.91. The Hall–Kier alpha value is -0.980. The van der Waals surface area contributed by atoms with Gasteiger partial charge in [0.05, 0.1) is 0 Å². The standard InChI is InChI=1S/C7H14N4O2S/c1-6-5-10(3-4-14-2)7(8-6)9-11(12)13/h6H,3-5H2,1-2H3,(H,8,9). The summed E-state index contributed by atoms with van der Waals surface area (Å²) in [5.74, 6) is 1.34. The fraction of sp³-hybridized carbons (Fsp3) is 0.857. The monoisotopic (exact) mass is 218 g/mol. The van der Waals surface area contributed by atoms with Crippen molar-refractivity contribution in [1.29, 1.82) is 0 Å². The van der Waals surface area contributed by atoms with Gasteiger partial charge in [0.25, 0.3) is 5.96 Å². The first kappa shape index (κ1) is 11.1. The van der Waals surface area contributed by atoms with Gasteiger partial charge in [-0.15, -0.1) is 0 Å². The highest BCUT2D eigenvalue weighted by molar-refractivity contribution is 7.98. The number of hydrogen-bond donors (Lipinski definition) is 1. The fourth-order valence-electron chi connectivity index (χ4n) is 1.34. The molecule has 0 saturated carbocycles. The van der Waals surface area contributed by atoms with Crippen molar-refractivity contribution < 1.29 is 5.03 Å². The van der Waals surface area contributed by atoms with Gasteiger partial charge in [0, 0.05) is 24.9 Å². The van der Waals surface area contributed by atoms with E-state index in [1.54, 1.807) is 11.8 Å². The van der Waals surface area contributed by atoms with Gasteiger partial charge in [0.2, 0.25) is 0 Å². The zero-order valence-corrected chi connectivity index (χ0v) is 9.08. The van der Waals surface area contributed by atoms with Crippen LogP contribution in [0.1, 0.15) is 6.92 Å². The van der Waals surface area contributed by atoms with E-state index >= 15 is 0 Å². The summed E-state index contributed by atoms with van der Waals surface area (Å²) >= 11 is 1.72. The molecule has 80 valence electrons. The number of nitro groups is 1. The molecule has 1 atom stereocenters. The minimum Gasteiger partial charge on any atom is -0.347 e. The van der Waals surface area contributed by atoms with Crippen LogP contribution in [0.15, 0.2) is 5.10 Å². The van der Waals surface area contributed by atoms with Crippen LogP contribution in [0.2, 0.25) is 0 Å². The molecule has 0 aromatic rings. The van der Waals surface area contributed by atoms with E-state index in [9.17, 15) is 10.1 Å². The van der Waals surface area contributed by atoms with Crippen molar-refractivity contribution in [2.75, 3.05) is 25.1 Å². The quantitative estimate of drug-likeness (QED) is 0.539. The van der Waals surface area contributed by atoms with Crippen LogP contribution in [0.5, 0.6) is 0 Å². The van der Waals surface area contributed by atoms with E-state index in [2.05, 4.69) is 10.4 Å². The summed E-state index contributed by atoms with van der Waals surface area (Å²) in [4.78, 5) is 12.1. The second kappa shape index (κ2) is 5.04. The fourth-order valence-corrected chi connectivity index (χ4v) is 1.75. The molecule has 14 heavy (non-hydrogen) atoms. The van der Waals surface area contributed by atoms with Crippen LogP contribution in [0.3, 0.4) is 0 Å². The maximum Gasteiger partial charge on any atom is 0.271 e. The third-order valence-corrected chi connectivity index (χ3v) is 2.50. The lowest BCUT2D eigenvalue weighted by Gasteiger charge is -2.13. The molecule has 0 amide bonds. The van der Waals surface area contributed by atoms with E-state index in [4.69, 9.17) is 0 Å². The van der Waals surface area contributed by atoms with Crippen molar-refractivity contribution in [3.05, 3.63) is 10.1 Å². The number of hydrazone groups is 1. The van der Waals surface area contributed by atoms with E-state index in [0.29, 0.717) is 5.96 Å². The number of nitrogens with zero attached hydrogens (tertiary/aromatic N) is 3. The van der Waals surface area contributed by atoms with Crippen LogP contribution in [-0.4, -0.2) is 47.0 Å². The predicted octanol–water partition coefficient (Wildman–Crippen LogP) is 0.191. The highest BCUT2D eigenvalue weighted by Crippen LogP contribution is 2.05. The molecule has 0 aromatic heterocycles. The Morgan fingerprint density at radius 3 is 3.14 bits per heavy atom. The predicted molar refractivity (Wildman–Crippen MR) is 57.0 cm³/mol. The molecule has 1 saturated heterocycles. The van der Waals surface area contributed by atoms with Gasteiger partial charge in [-0.1, -0.05) is 0 Å². The van der Waals surface area contributed by atoms with Gasteiger partial charge in [-0.3, -0.25) is 0 Å². The van der Waals surface area contributed by atoms with E-state index in [0.717, 1.165) is 18.8 Å². The summed E-state index contributed by atoms with van der Waals surface area (Å²) < 4.78 is 0. The van der Waals surface area contributed by atoms with Crippen LogP contribution < -0.4 is 5.32 Å². The molecular weight excluding hydrogens is 204 g/mol. The lowest BCUT2D eigenvalue weighted by molar-refractivity contribution is -0.485. The number of thioether (sulfide) groups is 1. The Kier molecular flexibility index (Phi) is 3.99. The Balaban J connectivity index is 2.58. The van der Waals surface area contributed by atoms with Crippen molar-refractivity contribution in [2.45, 2.75) is 13.0 Å². The topological polar surface area (TPSA) is 70.8 Å². The summed E-state index contributed by atoms with van der Waals surface area (Å²) in [6.45, 7) is 3.56. The Bertz CT molecular complexity index is 246. The largest absolute Gasteiger partial charge is 0.347 e. The van der Waals surface area contributed by atoms with E-state index < -0.39 is 5.03 Å². The SMILES string of the molecule is CSCCN1CC(C)NC1=N[N+](=O)[O-]. The van der Waals surface area contributed by atoms with Crippen molar-refractivity contribution in [3.63, 3.8) is 0 Å². The number of rotatable bonds is 4. The summed E-state index contributed by atoms with van der Waals surface area (Å²) in [6, 6.07) is 0.232. The first-order valence-electron chi connectivity index (χ1n) is 4.37. The molecule has 1 heterocycles. The maximum atomic E-state index is 10.2. The molecule has 0 bridgehead atoms. The molecule has 1 N–H and O–H groups in total. The molecule has 7 heteroatoms. The summed E-state index contributed by atoms with van der Waals surface area (Å²) in [6.07, 6.45) is 2.01. The van der Waals surface area contributed by atoms with Crippen LogP contribution in [0.4, 0.5) is 0 Å². The van der Waals surface area contributed by atoms with E-state index in [1.165, 1.54) is 0 Å². The van der Waals surface area contributed by atoms with Crippen molar-refractivity contribution in [1.82, 2.24) is 10.2 Å². The number of nitrogens with one attached hydrogen (secondary N) is 1. The normalized spacial score (nSPS) is 24.0. The minimum atomic E-state index is -0.660. The molecule has 0 aliphatic carbocycles. The Labute approximate surface area is 86.9 Å². The lowest BCUT2D eigenvalue weighted by atomic mass is 10.4.